The van der Waals surface area contributed by atoms with Crippen molar-refractivity contribution in [1.82, 2.24) is 67.5 Å². The zero-order valence-corrected chi connectivity index (χ0v) is 84.9. The maximum absolute atomic E-state index is 13.3. The van der Waals surface area contributed by atoms with Gasteiger partial charge in [0.25, 0.3) is 0 Å². The Morgan fingerprint density at radius 2 is 0.719 bits per heavy atom. The number of para-hydroxylation sites is 3. The van der Waals surface area contributed by atoms with Crippen molar-refractivity contribution in [3.05, 3.63) is 276 Å². The van der Waals surface area contributed by atoms with E-state index in [2.05, 4.69) is 260 Å². The molecule has 6 aliphatic rings. The Morgan fingerprint density at radius 3 is 1.11 bits per heavy atom. The third-order valence-electron chi connectivity index (χ3n) is 25.3. The zero-order chi connectivity index (χ0) is 94.4. The van der Waals surface area contributed by atoms with Crippen molar-refractivity contribution in [2.45, 2.75) is 159 Å². The van der Waals surface area contributed by atoms with Crippen LogP contribution in [-0.4, -0.2) is 115 Å². The number of halogens is 2. The molecule has 0 bridgehead atoms. The van der Waals surface area contributed by atoms with Gasteiger partial charge in [-0.25, -0.2) is 47.8 Å². The average molecular weight is 2050 g/mol. The molecule has 12 heterocycles. The van der Waals surface area contributed by atoms with Gasteiger partial charge in [0.05, 0.1) is 69.9 Å². The number of pyridine rings is 3. The van der Waals surface area contributed by atoms with Gasteiger partial charge in [0, 0.05) is 150 Å². The molecule has 3 aliphatic heterocycles. The SMILES string of the molecule is Brc1ccnc2ccccc12.C.CC(C)(C)[S@@](=O)N[C@@H]1c2ccccc2CC12CCN(c1ncc(Sc3ccnc4ccccc34)c3nccn13)CC2.CC(C)(C)[S@@](=O)N[C@@H]1c2ccccc2CC12CCN(c1ncc([S-])c3nccn13)CC2.Cl.N=N/N=N/N=N/N=N/N=N/N=N/N=N/N=N/N=N.N[C@@H]1c2ccccc2CC12CCN(c1ncc(Sc3ccnc4ccccc34)c3nccn13)CC2.[Na+]. The van der Waals surface area contributed by atoms with Crippen molar-refractivity contribution in [1.29, 1.82) is 11.1 Å². The second kappa shape index (κ2) is 46.4. The van der Waals surface area contributed by atoms with Crippen molar-refractivity contribution >= 4 is 154 Å². The molecule has 3 spiro atoms. The van der Waals surface area contributed by atoms with Gasteiger partial charge >= 0.3 is 29.6 Å². The molecule has 0 radical (unpaired) electrons. The van der Waals surface area contributed by atoms with E-state index >= 15 is 0 Å². The van der Waals surface area contributed by atoms with Crippen LogP contribution in [-0.2, 0) is 53.9 Å². The van der Waals surface area contributed by atoms with Crippen LogP contribution in [0.4, 0.5) is 17.8 Å². The number of piperidine rings is 3. The van der Waals surface area contributed by atoms with E-state index in [1.807, 2.05) is 162 Å². The Bertz CT molecular complexity index is 7070. The van der Waals surface area contributed by atoms with Gasteiger partial charge in [-0.2, -0.15) is 11.1 Å². The fourth-order valence-corrected chi connectivity index (χ4v) is 23.1. The number of nitrogens with one attached hydrogen (secondary N) is 4. The number of fused-ring (bicyclic) bond motifs is 9. The number of benzene rings is 6. The Hall–Kier alpha value is -11.9. The van der Waals surface area contributed by atoms with Crippen LogP contribution >= 0.6 is 51.9 Å². The maximum Gasteiger partial charge on any atom is 1.00 e. The first-order valence-electron chi connectivity index (χ1n) is 43.9. The van der Waals surface area contributed by atoms with Gasteiger partial charge in [-0.3, -0.25) is 28.2 Å². The second-order valence-electron chi connectivity index (χ2n) is 35.3. The van der Waals surface area contributed by atoms with E-state index in [4.69, 9.17) is 49.4 Å². The third-order valence-corrected chi connectivity index (χ3v) is 31.6. The van der Waals surface area contributed by atoms with Crippen molar-refractivity contribution in [3.63, 3.8) is 0 Å². The molecule has 3 fully saturated rings. The van der Waals surface area contributed by atoms with Gasteiger partial charge < -0.3 is 33.1 Å². The topological polar surface area (TPSA) is 469 Å². The second-order valence-corrected chi connectivity index (χ2v) is 42.7. The summed E-state index contributed by atoms with van der Waals surface area (Å²) < 4.78 is 40.1. The number of anilines is 3. The zero-order valence-electron chi connectivity index (χ0n) is 76.4. The summed E-state index contributed by atoms with van der Waals surface area (Å²) in [6.45, 7) is 17.6. The number of nitrogens with zero attached hydrogens (tertiary/aromatic N) is 31. The van der Waals surface area contributed by atoms with Crippen molar-refractivity contribution in [3.8, 4) is 0 Å². The number of hydrogen-bond acceptors (Lipinski definition) is 20. The Morgan fingerprint density at radius 1 is 0.403 bits per heavy atom. The molecule has 6 aromatic carbocycles. The summed E-state index contributed by atoms with van der Waals surface area (Å²) in [4.78, 5) is 53.7. The molecule has 6 N–H and O–H groups in total. The fourth-order valence-electron chi connectivity index (χ4n) is 18.6. The number of hydrogen-bond donors (Lipinski definition) is 5. The molecule has 0 unspecified atom stereocenters. The van der Waals surface area contributed by atoms with Crippen LogP contribution in [0.3, 0.4) is 0 Å². The van der Waals surface area contributed by atoms with E-state index in [-0.39, 0.29) is 93.3 Å². The maximum atomic E-state index is 13.3. The van der Waals surface area contributed by atoms with E-state index in [1.165, 1.54) is 33.4 Å². The molecule has 5 atom stereocenters. The van der Waals surface area contributed by atoms with E-state index in [0.29, 0.717) is 4.90 Å². The molecule has 15 aromatic rings. The molecular formula is C93H101BrClN36NaO2S5. The molecule has 0 amide bonds. The predicted molar refractivity (Wildman–Crippen MR) is 541 cm³/mol. The van der Waals surface area contributed by atoms with E-state index in [0.717, 1.165) is 189 Å². The molecule has 3 saturated heterocycles. The van der Waals surface area contributed by atoms with Crippen LogP contribution in [0.5, 0.6) is 0 Å². The van der Waals surface area contributed by atoms with Crippen molar-refractivity contribution in [2.75, 3.05) is 54.0 Å². The van der Waals surface area contributed by atoms with Crippen LogP contribution in [0.1, 0.15) is 139 Å². The molecule has 9 aromatic heterocycles. The fraction of sp³-hybridized carbons (Fsp3) is 0.323. The van der Waals surface area contributed by atoms with Gasteiger partial charge in [-0.05, 0) is 269 Å². The molecule has 710 valence electrons. The summed E-state index contributed by atoms with van der Waals surface area (Å²) in [5, 5.41) is 49.1. The van der Waals surface area contributed by atoms with Crippen LogP contribution < -0.4 is 59.4 Å². The summed E-state index contributed by atoms with van der Waals surface area (Å²) >= 11 is 12.2. The first kappa shape index (κ1) is 103. The standard InChI is InChI=1S/C32H34N6OS2.C28H26N6S.C23H29N5OS2.C9H6BrN.CH4.ClH.H2N18.Na/c1-31(2,3)41(39)36-28-23-9-5-4-8-22(23)20-32(28)13-17-37(18-14-32)30-35-21-27(29-34-16-19-38(29)30)40-26-12-15-33-25-11-7-6-10-24(25)26;29-25-20-6-2-1-5-19(20)17-28(25)10-14-33(15-11-28)27-32-18-24(26-31-13-16-34(26)27)35-23-9-12-30-22-8-4-3-7-21(22)23;1-22(2,3)31(29)26-19-17-7-5-4-6-16(17)14-23(19)8-11-27(12-9-23)21-25-15-18(30)20-24-10-13-28(20)21;10-8-5-6-11-9-4-2-1-3-7(8)9;;;1-3-5-7-9-11-13-15-17-18-16-14-12-10-8-6-4-2;/h4-12,15-16,19,21,28,36H,13-14,17-18,20H2,1-3H3;1-9,12-13,16,18,25H,10-11,14-15,17,29H2;4-7,10,13,15,19,26,30H,8-9,11-12,14H2,1-3H3;1-6H;1H4;1H;1-2H;/q;;;;;;;+1/p-1/b;;;;;;3-1?,4-2?,7-5+,8-6+,11-9+,12-10+,15-13+,16-14+,18-17+;/t28-,41-;25-;19-,31-;;;;;/m111...../s1. The van der Waals surface area contributed by atoms with Gasteiger partial charge in [0.15, 0.2) is 11.3 Å². The Labute approximate surface area is 857 Å². The quantitative estimate of drug-likeness (QED) is 0.0217. The smallest absolute Gasteiger partial charge is 0.775 e. The van der Waals surface area contributed by atoms with Crippen LogP contribution in [0, 0.1) is 27.3 Å². The number of aromatic nitrogens is 12. The number of imidazole rings is 3. The van der Waals surface area contributed by atoms with E-state index < -0.39 is 22.0 Å². The minimum atomic E-state index is -1.14. The third kappa shape index (κ3) is 23.2. The summed E-state index contributed by atoms with van der Waals surface area (Å²) in [7, 11) is -2.27. The van der Waals surface area contributed by atoms with Gasteiger partial charge in [-0.1, -0.05) is 174 Å². The van der Waals surface area contributed by atoms with Gasteiger partial charge in [-0.15, -0.1) is 17.3 Å². The monoisotopic (exact) mass is 2050 g/mol. The molecule has 38 nitrogen and oxygen atoms in total. The van der Waals surface area contributed by atoms with E-state index in [1.54, 1.807) is 42.1 Å². The Balaban J connectivity index is 0.000000145. The summed E-state index contributed by atoms with van der Waals surface area (Å²) in [6, 6.07) is 56.9. The first-order chi connectivity index (χ1) is 66.1. The molecule has 46 heteroatoms. The van der Waals surface area contributed by atoms with Crippen LogP contribution in [0.25, 0.3) is 49.7 Å². The molecular weight excluding hydrogens is 1950 g/mol. The number of nitrogens with two attached hydrogens (primary N) is 1. The molecule has 21 rings (SSSR count). The number of rotatable bonds is 19. The average Bonchev–Trinajstić information content (AvgIpc) is 1.60. The van der Waals surface area contributed by atoms with E-state index in [9.17, 15) is 8.42 Å². The van der Waals surface area contributed by atoms with Crippen LogP contribution in [0.15, 0.2) is 351 Å². The molecule has 0 saturated carbocycles. The summed E-state index contributed by atoms with van der Waals surface area (Å²) in [6.07, 6.45) is 31.9. The van der Waals surface area contributed by atoms with Crippen LogP contribution in [0.2, 0.25) is 0 Å². The van der Waals surface area contributed by atoms with Crippen molar-refractivity contribution in [2.24, 2.45) is 106 Å². The Kier molecular flexibility index (Phi) is 34.4. The molecule has 139 heavy (non-hydrogen) atoms. The summed E-state index contributed by atoms with van der Waals surface area (Å²) in [5.41, 5.74) is 33.2. The first-order valence-corrected chi connectivity index (χ1v) is 49.0. The van der Waals surface area contributed by atoms with Gasteiger partial charge in [0.2, 0.25) is 17.8 Å². The minimum Gasteiger partial charge on any atom is -0.775 e. The van der Waals surface area contributed by atoms with Gasteiger partial charge in [0.1, 0.15) is 5.65 Å². The normalized spacial score (nSPS) is 17.8. The summed E-state index contributed by atoms with van der Waals surface area (Å²) in [5.74, 6) is 2.78. The van der Waals surface area contributed by atoms with Crippen molar-refractivity contribution < 1.29 is 38.0 Å². The largest absolute Gasteiger partial charge is 1.00 e. The molecule has 3 aliphatic carbocycles. The predicted octanol–water partition coefficient (Wildman–Crippen LogP) is 19.8. The minimum absolute atomic E-state index is 0.